The maximum absolute atomic E-state index is 15.3. The molecule has 0 bridgehead atoms. The number of hydrogen-bond donors (Lipinski definition) is 1. The monoisotopic (exact) mass is 540 g/mol. The van der Waals surface area contributed by atoms with Crippen LogP contribution < -0.4 is 0 Å². The Morgan fingerprint density at radius 2 is 1.38 bits per heavy atom. The SMILES string of the molecule is CCCCCCC1CCC(CCc2ccc(-c3ccc(C(=O)O)c(F)c3-c3cc(F)c(F)c(F)c3)cc2)CC1. The topological polar surface area (TPSA) is 37.3 Å². The molecular weight excluding hydrogens is 504 g/mol. The number of unbranched alkanes of at least 4 members (excludes halogenated alkanes) is 3. The molecule has 1 aliphatic rings. The molecule has 1 fully saturated rings. The van der Waals surface area contributed by atoms with Gasteiger partial charge < -0.3 is 5.11 Å². The summed E-state index contributed by atoms with van der Waals surface area (Å²) in [6.07, 6.45) is 13.9. The van der Waals surface area contributed by atoms with Gasteiger partial charge in [0.1, 0.15) is 5.82 Å². The second-order valence-electron chi connectivity index (χ2n) is 10.9. The molecule has 3 aromatic rings. The molecule has 0 saturated heterocycles. The fraction of sp³-hybridized carbons (Fsp3) is 0.424. The molecule has 1 saturated carbocycles. The quantitative estimate of drug-likeness (QED) is 0.149. The predicted octanol–water partition coefficient (Wildman–Crippen LogP) is 9.98. The van der Waals surface area contributed by atoms with Gasteiger partial charge in [0.2, 0.25) is 0 Å². The van der Waals surface area contributed by atoms with Gasteiger partial charge in [-0.2, -0.15) is 0 Å². The van der Waals surface area contributed by atoms with E-state index in [2.05, 4.69) is 6.92 Å². The maximum atomic E-state index is 15.3. The maximum Gasteiger partial charge on any atom is 0.338 e. The number of carboxylic acids is 1. The van der Waals surface area contributed by atoms with Crippen molar-refractivity contribution >= 4 is 5.97 Å². The van der Waals surface area contributed by atoms with Crippen LogP contribution in [0.3, 0.4) is 0 Å². The van der Waals surface area contributed by atoms with Crippen LogP contribution >= 0.6 is 0 Å². The van der Waals surface area contributed by atoms with Gasteiger partial charge in [-0.3, -0.25) is 0 Å². The Labute approximate surface area is 228 Å². The lowest BCUT2D eigenvalue weighted by Crippen LogP contribution is -2.15. The summed E-state index contributed by atoms with van der Waals surface area (Å²) in [7, 11) is 0. The average Bonchev–Trinajstić information content (AvgIpc) is 2.93. The van der Waals surface area contributed by atoms with E-state index < -0.39 is 34.8 Å². The zero-order valence-corrected chi connectivity index (χ0v) is 22.4. The number of aromatic carboxylic acids is 1. The van der Waals surface area contributed by atoms with Crippen LogP contribution in [0.2, 0.25) is 0 Å². The van der Waals surface area contributed by atoms with Crippen LogP contribution in [0.15, 0.2) is 48.5 Å². The number of carboxylic acid groups (broad SMARTS) is 1. The van der Waals surface area contributed by atoms with Crippen LogP contribution in [0, 0.1) is 35.1 Å². The van der Waals surface area contributed by atoms with E-state index in [1.54, 1.807) is 12.1 Å². The van der Waals surface area contributed by atoms with Crippen molar-refractivity contribution in [2.45, 2.75) is 77.6 Å². The van der Waals surface area contributed by atoms with Crippen molar-refractivity contribution in [2.75, 3.05) is 0 Å². The van der Waals surface area contributed by atoms with Crippen LogP contribution in [0.1, 0.15) is 87.1 Å². The molecular formula is C33H36F4O2. The molecule has 0 radical (unpaired) electrons. The van der Waals surface area contributed by atoms with E-state index >= 15 is 4.39 Å². The van der Waals surface area contributed by atoms with E-state index in [0.29, 0.717) is 17.7 Å². The lowest BCUT2D eigenvalue weighted by Gasteiger charge is -2.28. The molecule has 0 spiro atoms. The first-order chi connectivity index (χ1) is 18.8. The smallest absolute Gasteiger partial charge is 0.338 e. The van der Waals surface area contributed by atoms with E-state index in [0.717, 1.165) is 36.3 Å². The summed E-state index contributed by atoms with van der Waals surface area (Å²) >= 11 is 0. The summed E-state index contributed by atoms with van der Waals surface area (Å²) < 4.78 is 56.9. The summed E-state index contributed by atoms with van der Waals surface area (Å²) in [6, 6.07) is 11.4. The third-order valence-corrected chi connectivity index (χ3v) is 8.18. The van der Waals surface area contributed by atoms with Gasteiger partial charge in [0.15, 0.2) is 17.5 Å². The zero-order chi connectivity index (χ0) is 27.9. The van der Waals surface area contributed by atoms with E-state index in [-0.39, 0.29) is 16.7 Å². The Morgan fingerprint density at radius 1 is 0.769 bits per heavy atom. The Balaban J connectivity index is 1.46. The molecule has 0 aromatic heterocycles. The van der Waals surface area contributed by atoms with Crippen LogP contribution in [0.4, 0.5) is 17.6 Å². The van der Waals surface area contributed by atoms with E-state index in [4.69, 9.17) is 0 Å². The second kappa shape index (κ2) is 13.3. The first-order valence-corrected chi connectivity index (χ1v) is 14.1. The van der Waals surface area contributed by atoms with Crippen LogP contribution in [0.25, 0.3) is 22.3 Å². The van der Waals surface area contributed by atoms with E-state index in [9.17, 15) is 23.1 Å². The van der Waals surface area contributed by atoms with Gasteiger partial charge in [0.25, 0.3) is 0 Å². The number of hydrogen-bond acceptors (Lipinski definition) is 1. The standard InChI is InChI=1S/C33H36F4O2/c1-2-3-4-5-6-21-7-9-22(10-8-21)11-12-23-13-15-24(16-14-23)26-17-18-27(33(38)39)31(36)30(26)25-19-28(34)32(37)29(35)20-25/h13-22H,2-12H2,1H3,(H,38,39). The van der Waals surface area contributed by atoms with Gasteiger partial charge >= 0.3 is 5.97 Å². The molecule has 4 rings (SSSR count). The number of halogens is 4. The van der Waals surface area contributed by atoms with Crippen molar-refractivity contribution in [1.29, 1.82) is 0 Å². The summed E-state index contributed by atoms with van der Waals surface area (Å²) in [6.45, 7) is 2.24. The third kappa shape index (κ3) is 7.09. The molecule has 208 valence electrons. The van der Waals surface area contributed by atoms with Gasteiger partial charge in [-0.25, -0.2) is 22.4 Å². The van der Waals surface area contributed by atoms with Crippen LogP contribution in [-0.2, 0) is 6.42 Å². The molecule has 39 heavy (non-hydrogen) atoms. The number of benzene rings is 3. The highest BCUT2D eigenvalue weighted by atomic mass is 19.2. The fourth-order valence-electron chi connectivity index (χ4n) is 5.85. The largest absolute Gasteiger partial charge is 0.478 e. The summed E-state index contributed by atoms with van der Waals surface area (Å²) in [4.78, 5) is 11.5. The molecule has 0 unspecified atom stereocenters. The molecule has 0 amide bonds. The van der Waals surface area contributed by atoms with Crippen LogP contribution in [0.5, 0.6) is 0 Å². The summed E-state index contributed by atoms with van der Waals surface area (Å²) in [5.41, 5.74) is 0.790. The number of rotatable bonds is 11. The van der Waals surface area contributed by atoms with Crippen molar-refractivity contribution in [1.82, 2.24) is 0 Å². The van der Waals surface area contributed by atoms with Crippen molar-refractivity contribution < 1.29 is 27.5 Å². The zero-order valence-electron chi connectivity index (χ0n) is 22.4. The number of carbonyl (C=O) groups is 1. The minimum Gasteiger partial charge on any atom is -0.478 e. The normalized spacial score (nSPS) is 17.4. The molecule has 3 aromatic carbocycles. The highest BCUT2D eigenvalue weighted by Crippen LogP contribution is 2.38. The van der Waals surface area contributed by atoms with E-state index in [1.807, 2.05) is 12.1 Å². The third-order valence-electron chi connectivity index (χ3n) is 8.18. The molecule has 0 atom stereocenters. The average molecular weight is 541 g/mol. The molecule has 0 heterocycles. The lowest BCUT2D eigenvalue weighted by molar-refractivity contribution is 0.0692. The van der Waals surface area contributed by atoms with Crippen molar-refractivity contribution in [3.05, 3.63) is 82.9 Å². The Morgan fingerprint density at radius 3 is 1.97 bits per heavy atom. The first kappa shape index (κ1) is 28.8. The highest BCUT2D eigenvalue weighted by molar-refractivity contribution is 5.94. The van der Waals surface area contributed by atoms with Gasteiger partial charge in [-0.15, -0.1) is 0 Å². The molecule has 1 N–H and O–H groups in total. The molecule has 0 aliphatic heterocycles. The van der Waals surface area contributed by atoms with Crippen LogP contribution in [-0.4, -0.2) is 11.1 Å². The second-order valence-corrected chi connectivity index (χ2v) is 10.9. The Hall–Kier alpha value is -3.15. The summed E-state index contributed by atoms with van der Waals surface area (Å²) in [5, 5.41) is 9.38. The Bertz CT molecular complexity index is 1250. The van der Waals surface area contributed by atoms with E-state index in [1.165, 1.54) is 63.9 Å². The molecule has 1 aliphatic carbocycles. The first-order valence-electron chi connectivity index (χ1n) is 14.1. The highest BCUT2D eigenvalue weighted by Gasteiger charge is 2.23. The van der Waals surface area contributed by atoms with Crippen molar-refractivity contribution in [2.24, 2.45) is 11.8 Å². The fourth-order valence-corrected chi connectivity index (χ4v) is 5.85. The van der Waals surface area contributed by atoms with Crippen molar-refractivity contribution in [3.8, 4) is 22.3 Å². The van der Waals surface area contributed by atoms with Crippen molar-refractivity contribution in [3.63, 3.8) is 0 Å². The number of aryl methyl sites for hydroxylation is 1. The molecule has 6 heteroatoms. The molecule has 2 nitrogen and oxygen atoms in total. The Kier molecular flexibility index (Phi) is 9.82. The summed E-state index contributed by atoms with van der Waals surface area (Å²) in [5.74, 6) is -5.65. The van der Waals surface area contributed by atoms with Gasteiger partial charge in [-0.05, 0) is 65.1 Å². The minimum absolute atomic E-state index is 0.270. The minimum atomic E-state index is -1.67. The van der Waals surface area contributed by atoms with Gasteiger partial charge in [-0.1, -0.05) is 95.0 Å². The lowest BCUT2D eigenvalue weighted by atomic mass is 9.77. The van der Waals surface area contributed by atoms with Gasteiger partial charge in [0, 0.05) is 5.56 Å². The van der Waals surface area contributed by atoms with Gasteiger partial charge in [0.05, 0.1) is 5.56 Å². The predicted molar refractivity (Wildman–Crippen MR) is 147 cm³/mol.